The Morgan fingerprint density at radius 1 is 1.15 bits per heavy atom. The number of hydrogen-bond acceptors (Lipinski definition) is 3. The van der Waals surface area contributed by atoms with Crippen LogP contribution in [0.4, 0.5) is 0 Å². The van der Waals surface area contributed by atoms with E-state index < -0.39 is 0 Å². The molecule has 2 unspecified atom stereocenters. The number of carbonyl (C=O) groups is 1. The molecule has 2 fully saturated rings. The van der Waals surface area contributed by atoms with Crippen LogP contribution in [0, 0.1) is 11.8 Å². The predicted octanol–water partition coefficient (Wildman–Crippen LogP) is 4.31. The number of aliphatic hydroxyl groups is 1. The maximum absolute atomic E-state index is 11.8. The molecule has 2 atom stereocenters. The van der Waals surface area contributed by atoms with Crippen LogP contribution in [0.2, 0.25) is 0 Å². The van der Waals surface area contributed by atoms with Crippen molar-refractivity contribution >= 4 is 5.91 Å². The molecule has 0 aromatic rings. The number of rotatable bonds is 8. The first kappa shape index (κ1) is 21.9. The SMILES string of the molecule is CC/C=C\C(=O)NC1CCC(C/C=C(C)/C=C/C2CC(CO)CCO2)CC1. The molecule has 1 saturated heterocycles. The van der Waals surface area contributed by atoms with Crippen LogP contribution in [-0.4, -0.2) is 36.4 Å². The number of amides is 1. The summed E-state index contributed by atoms with van der Waals surface area (Å²) >= 11 is 0. The minimum atomic E-state index is 0.0505. The lowest BCUT2D eigenvalue weighted by atomic mass is 9.83. The van der Waals surface area contributed by atoms with E-state index in [2.05, 4.69) is 30.5 Å². The summed E-state index contributed by atoms with van der Waals surface area (Å²) in [6.45, 7) is 5.19. The maximum Gasteiger partial charge on any atom is 0.243 e. The minimum absolute atomic E-state index is 0.0505. The first-order valence-electron chi connectivity index (χ1n) is 10.6. The van der Waals surface area contributed by atoms with Crippen molar-refractivity contribution in [1.29, 1.82) is 0 Å². The molecule has 0 spiro atoms. The summed E-state index contributed by atoms with van der Waals surface area (Å²) < 4.78 is 5.76. The zero-order valence-corrected chi connectivity index (χ0v) is 17.0. The Kier molecular flexibility index (Phi) is 9.85. The van der Waals surface area contributed by atoms with Gasteiger partial charge in [-0.3, -0.25) is 4.79 Å². The van der Waals surface area contributed by atoms with Gasteiger partial charge in [-0.05, 0) is 76.2 Å². The van der Waals surface area contributed by atoms with E-state index in [-0.39, 0.29) is 18.6 Å². The topological polar surface area (TPSA) is 58.6 Å². The lowest BCUT2D eigenvalue weighted by Crippen LogP contribution is -2.36. The van der Waals surface area contributed by atoms with E-state index in [4.69, 9.17) is 4.74 Å². The number of nitrogens with one attached hydrogen (secondary N) is 1. The smallest absolute Gasteiger partial charge is 0.243 e. The fourth-order valence-electron chi connectivity index (χ4n) is 3.90. The van der Waals surface area contributed by atoms with E-state index in [0.717, 1.165) is 51.0 Å². The van der Waals surface area contributed by atoms with Gasteiger partial charge >= 0.3 is 0 Å². The van der Waals surface area contributed by atoms with Gasteiger partial charge in [0.2, 0.25) is 5.91 Å². The maximum atomic E-state index is 11.8. The molecule has 1 aliphatic heterocycles. The molecule has 4 nitrogen and oxygen atoms in total. The van der Waals surface area contributed by atoms with Crippen LogP contribution in [0.5, 0.6) is 0 Å². The molecule has 0 radical (unpaired) electrons. The lowest BCUT2D eigenvalue weighted by molar-refractivity contribution is -0.117. The zero-order valence-electron chi connectivity index (χ0n) is 17.0. The Labute approximate surface area is 164 Å². The second-order valence-corrected chi connectivity index (χ2v) is 8.06. The van der Waals surface area contributed by atoms with Gasteiger partial charge in [0.25, 0.3) is 0 Å². The Hall–Kier alpha value is -1.39. The van der Waals surface area contributed by atoms with E-state index in [1.54, 1.807) is 6.08 Å². The van der Waals surface area contributed by atoms with E-state index in [9.17, 15) is 9.90 Å². The standard InChI is InChI=1S/C23H37NO3/c1-3-4-5-23(26)24-21-11-9-19(10-12-21)8-6-18(2)7-13-22-16-20(17-25)14-15-27-22/h4-7,13,19-22,25H,3,8-12,14-17H2,1-2H3,(H,24,26)/b5-4-,13-7+,18-6+. The molecule has 0 bridgehead atoms. The average Bonchev–Trinajstić information content (AvgIpc) is 2.70. The van der Waals surface area contributed by atoms with E-state index in [0.29, 0.717) is 12.0 Å². The molecule has 1 amide bonds. The highest BCUT2D eigenvalue weighted by Crippen LogP contribution is 2.28. The third kappa shape index (κ3) is 8.44. The van der Waals surface area contributed by atoms with Crippen molar-refractivity contribution in [3.8, 4) is 0 Å². The monoisotopic (exact) mass is 375 g/mol. The predicted molar refractivity (Wildman–Crippen MR) is 110 cm³/mol. The number of allylic oxidation sites excluding steroid dienone is 4. The quantitative estimate of drug-likeness (QED) is 0.491. The van der Waals surface area contributed by atoms with Gasteiger partial charge in [-0.15, -0.1) is 0 Å². The van der Waals surface area contributed by atoms with Crippen LogP contribution < -0.4 is 5.32 Å². The second-order valence-electron chi connectivity index (χ2n) is 8.06. The first-order valence-corrected chi connectivity index (χ1v) is 10.6. The van der Waals surface area contributed by atoms with Crippen molar-refractivity contribution < 1.29 is 14.6 Å². The molecule has 1 heterocycles. The summed E-state index contributed by atoms with van der Waals surface area (Å²) in [5.74, 6) is 1.15. The fourth-order valence-corrected chi connectivity index (χ4v) is 3.90. The molecule has 0 aromatic heterocycles. The molecule has 0 aromatic carbocycles. The van der Waals surface area contributed by atoms with Crippen LogP contribution in [-0.2, 0) is 9.53 Å². The largest absolute Gasteiger partial charge is 0.396 e. The van der Waals surface area contributed by atoms with Crippen molar-refractivity contribution in [2.45, 2.75) is 77.4 Å². The summed E-state index contributed by atoms with van der Waals surface area (Å²) in [4.78, 5) is 11.8. The highest BCUT2D eigenvalue weighted by Gasteiger charge is 2.21. The van der Waals surface area contributed by atoms with Gasteiger partial charge in [0.1, 0.15) is 0 Å². The molecular weight excluding hydrogens is 338 g/mol. The van der Waals surface area contributed by atoms with Crippen molar-refractivity contribution in [3.05, 3.63) is 36.0 Å². The molecule has 2 rings (SSSR count). The van der Waals surface area contributed by atoms with Gasteiger partial charge < -0.3 is 15.2 Å². The highest BCUT2D eigenvalue weighted by molar-refractivity contribution is 5.87. The Morgan fingerprint density at radius 3 is 2.63 bits per heavy atom. The first-order chi connectivity index (χ1) is 13.1. The number of ether oxygens (including phenoxy) is 1. The van der Waals surface area contributed by atoms with Crippen molar-refractivity contribution in [3.63, 3.8) is 0 Å². The summed E-state index contributed by atoms with van der Waals surface area (Å²) in [7, 11) is 0. The van der Waals surface area contributed by atoms with Crippen LogP contribution in [0.3, 0.4) is 0 Å². The van der Waals surface area contributed by atoms with Gasteiger partial charge in [-0.1, -0.05) is 36.8 Å². The Balaban J connectivity index is 1.68. The molecule has 4 heteroatoms. The van der Waals surface area contributed by atoms with Crippen molar-refractivity contribution in [2.24, 2.45) is 11.8 Å². The van der Waals surface area contributed by atoms with Gasteiger partial charge in [-0.25, -0.2) is 0 Å². The number of aliphatic hydroxyl groups excluding tert-OH is 1. The van der Waals surface area contributed by atoms with Crippen molar-refractivity contribution in [1.82, 2.24) is 5.32 Å². The Morgan fingerprint density at radius 2 is 1.93 bits per heavy atom. The molecule has 27 heavy (non-hydrogen) atoms. The average molecular weight is 376 g/mol. The second kappa shape index (κ2) is 12.1. The molecule has 2 aliphatic rings. The fraction of sp³-hybridized carbons (Fsp3) is 0.696. The molecule has 152 valence electrons. The number of hydrogen-bond donors (Lipinski definition) is 2. The van der Waals surface area contributed by atoms with E-state index in [1.807, 2.05) is 13.0 Å². The molecule has 1 saturated carbocycles. The lowest BCUT2D eigenvalue weighted by Gasteiger charge is -2.28. The summed E-state index contributed by atoms with van der Waals surface area (Å²) in [5.41, 5.74) is 1.28. The van der Waals surface area contributed by atoms with Gasteiger partial charge in [0, 0.05) is 19.3 Å². The Bertz CT molecular complexity index is 530. The molecular formula is C23H37NO3. The third-order valence-corrected chi connectivity index (χ3v) is 5.73. The van der Waals surface area contributed by atoms with Crippen LogP contribution in [0.15, 0.2) is 36.0 Å². The van der Waals surface area contributed by atoms with Crippen LogP contribution in [0.25, 0.3) is 0 Å². The summed E-state index contributed by atoms with van der Waals surface area (Å²) in [5, 5.41) is 12.4. The van der Waals surface area contributed by atoms with Crippen molar-refractivity contribution in [2.75, 3.05) is 13.2 Å². The summed E-state index contributed by atoms with van der Waals surface area (Å²) in [6, 6.07) is 0.336. The summed E-state index contributed by atoms with van der Waals surface area (Å²) in [6.07, 6.45) is 18.8. The minimum Gasteiger partial charge on any atom is -0.396 e. The van der Waals surface area contributed by atoms with Gasteiger partial charge in [-0.2, -0.15) is 0 Å². The molecule has 1 aliphatic carbocycles. The molecule has 2 N–H and O–H groups in total. The van der Waals surface area contributed by atoms with E-state index in [1.165, 1.54) is 18.4 Å². The normalized spacial score (nSPS) is 30.1. The highest BCUT2D eigenvalue weighted by atomic mass is 16.5. The van der Waals surface area contributed by atoms with E-state index >= 15 is 0 Å². The van der Waals surface area contributed by atoms with Gasteiger partial charge in [0.05, 0.1) is 6.10 Å². The number of carbonyl (C=O) groups excluding carboxylic acids is 1. The van der Waals surface area contributed by atoms with Crippen LogP contribution >= 0.6 is 0 Å². The third-order valence-electron chi connectivity index (χ3n) is 5.73. The van der Waals surface area contributed by atoms with Gasteiger partial charge in [0.15, 0.2) is 0 Å². The van der Waals surface area contributed by atoms with Crippen LogP contribution in [0.1, 0.15) is 65.2 Å². The zero-order chi connectivity index (χ0) is 19.5.